The summed E-state index contributed by atoms with van der Waals surface area (Å²) in [6.45, 7) is 2.67. The Balaban J connectivity index is 1.69. The average Bonchev–Trinajstić information content (AvgIpc) is 2.96. The molecule has 1 aliphatic rings. The Morgan fingerprint density at radius 3 is 2.78 bits per heavy atom. The molecular formula is C18H19N3OS. The molecule has 0 spiro atoms. The molecule has 2 aromatic heterocycles. The van der Waals surface area contributed by atoms with Crippen molar-refractivity contribution in [2.45, 2.75) is 32.6 Å². The molecule has 23 heavy (non-hydrogen) atoms. The Morgan fingerprint density at radius 1 is 1.13 bits per heavy atom. The van der Waals surface area contributed by atoms with Gasteiger partial charge in [0.15, 0.2) is 0 Å². The van der Waals surface area contributed by atoms with Crippen LogP contribution in [-0.2, 0) is 12.8 Å². The highest BCUT2D eigenvalue weighted by Gasteiger charge is 2.19. The standard InChI is InChI=1S/C18H19N3OS/c1-2-22-13-9-7-12(8-10-13)21-17-16-14-5-3-4-6-15(14)23-18(16)20-11-19-17/h7-11H,2-6H2,1H3,(H,19,20,21). The van der Waals surface area contributed by atoms with Gasteiger partial charge in [0.1, 0.15) is 22.7 Å². The topological polar surface area (TPSA) is 47.0 Å². The minimum Gasteiger partial charge on any atom is -0.494 e. The smallest absolute Gasteiger partial charge is 0.142 e. The molecule has 0 fully saturated rings. The fraction of sp³-hybridized carbons (Fsp3) is 0.333. The zero-order chi connectivity index (χ0) is 15.6. The summed E-state index contributed by atoms with van der Waals surface area (Å²) in [5.41, 5.74) is 2.47. The van der Waals surface area contributed by atoms with Crippen molar-refractivity contribution in [1.82, 2.24) is 9.97 Å². The SMILES string of the molecule is CCOc1ccc(Nc2ncnc3sc4c(c23)CCCC4)cc1. The predicted octanol–water partition coefficient (Wildman–Crippen LogP) is 4.71. The van der Waals surface area contributed by atoms with Crippen LogP contribution < -0.4 is 10.1 Å². The average molecular weight is 325 g/mol. The second-order valence-corrected chi connectivity index (χ2v) is 6.78. The van der Waals surface area contributed by atoms with Crippen molar-refractivity contribution in [3.05, 3.63) is 41.0 Å². The van der Waals surface area contributed by atoms with Crippen molar-refractivity contribution < 1.29 is 4.74 Å². The molecule has 0 saturated carbocycles. The molecule has 3 aromatic rings. The summed E-state index contributed by atoms with van der Waals surface area (Å²) < 4.78 is 5.49. The minimum atomic E-state index is 0.681. The Hall–Kier alpha value is -2.14. The Kier molecular flexibility index (Phi) is 3.87. The quantitative estimate of drug-likeness (QED) is 0.754. The van der Waals surface area contributed by atoms with E-state index in [1.54, 1.807) is 6.33 Å². The summed E-state index contributed by atoms with van der Waals surface area (Å²) in [7, 11) is 0. The van der Waals surface area contributed by atoms with Crippen LogP contribution in [-0.4, -0.2) is 16.6 Å². The van der Waals surface area contributed by atoms with Crippen LogP contribution in [0.4, 0.5) is 11.5 Å². The second kappa shape index (κ2) is 6.16. The monoisotopic (exact) mass is 325 g/mol. The third kappa shape index (κ3) is 2.77. The molecule has 2 heterocycles. The number of nitrogens with one attached hydrogen (secondary N) is 1. The highest BCUT2D eigenvalue weighted by atomic mass is 32.1. The lowest BCUT2D eigenvalue weighted by Crippen LogP contribution is -2.01. The maximum absolute atomic E-state index is 5.49. The van der Waals surface area contributed by atoms with Crippen molar-refractivity contribution in [2.24, 2.45) is 0 Å². The minimum absolute atomic E-state index is 0.681. The first kappa shape index (κ1) is 14.5. The van der Waals surface area contributed by atoms with Gasteiger partial charge >= 0.3 is 0 Å². The third-order valence-electron chi connectivity index (χ3n) is 4.18. The molecule has 0 amide bonds. The summed E-state index contributed by atoms with van der Waals surface area (Å²) >= 11 is 1.82. The number of ether oxygens (including phenoxy) is 1. The maximum Gasteiger partial charge on any atom is 0.142 e. The van der Waals surface area contributed by atoms with Crippen LogP contribution in [0.5, 0.6) is 5.75 Å². The van der Waals surface area contributed by atoms with E-state index >= 15 is 0 Å². The Labute approximate surface area is 139 Å². The molecule has 1 aromatic carbocycles. The van der Waals surface area contributed by atoms with Gasteiger partial charge in [-0.05, 0) is 62.4 Å². The van der Waals surface area contributed by atoms with Crippen molar-refractivity contribution in [3.8, 4) is 5.75 Å². The number of hydrogen-bond acceptors (Lipinski definition) is 5. The van der Waals surface area contributed by atoms with Crippen LogP contribution in [0.25, 0.3) is 10.2 Å². The molecule has 0 unspecified atom stereocenters. The molecule has 118 valence electrons. The highest BCUT2D eigenvalue weighted by Crippen LogP contribution is 2.38. The van der Waals surface area contributed by atoms with E-state index in [-0.39, 0.29) is 0 Å². The van der Waals surface area contributed by atoms with E-state index in [2.05, 4.69) is 15.3 Å². The molecule has 5 heteroatoms. The summed E-state index contributed by atoms with van der Waals surface area (Å²) in [6, 6.07) is 8.01. The number of hydrogen-bond donors (Lipinski definition) is 1. The lowest BCUT2D eigenvalue weighted by atomic mass is 9.97. The molecule has 1 N–H and O–H groups in total. The van der Waals surface area contributed by atoms with Gasteiger partial charge in [-0.3, -0.25) is 0 Å². The number of thiophene rings is 1. The van der Waals surface area contributed by atoms with E-state index in [9.17, 15) is 0 Å². The van der Waals surface area contributed by atoms with Gasteiger partial charge in [0, 0.05) is 10.6 Å². The zero-order valence-corrected chi connectivity index (χ0v) is 13.9. The van der Waals surface area contributed by atoms with Crippen LogP contribution >= 0.6 is 11.3 Å². The molecule has 0 aliphatic heterocycles. The number of rotatable bonds is 4. The number of fused-ring (bicyclic) bond motifs is 3. The van der Waals surface area contributed by atoms with Crippen LogP contribution in [0.2, 0.25) is 0 Å². The largest absolute Gasteiger partial charge is 0.494 e. The summed E-state index contributed by atoms with van der Waals surface area (Å²) in [5.74, 6) is 1.80. The van der Waals surface area contributed by atoms with Crippen LogP contribution in [0, 0.1) is 0 Å². The van der Waals surface area contributed by atoms with E-state index in [0.717, 1.165) is 28.5 Å². The fourth-order valence-electron chi connectivity index (χ4n) is 3.12. The molecule has 0 bridgehead atoms. The molecule has 0 saturated heterocycles. The van der Waals surface area contributed by atoms with E-state index in [1.807, 2.05) is 42.5 Å². The van der Waals surface area contributed by atoms with Gasteiger partial charge in [0.25, 0.3) is 0 Å². The lowest BCUT2D eigenvalue weighted by Gasteiger charge is -2.12. The van der Waals surface area contributed by atoms with Crippen molar-refractivity contribution >= 4 is 33.1 Å². The van der Waals surface area contributed by atoms with Gasteiger partial charge in [-0.1, -0.05) is 0 Å². The Bertz CT molecular complexity index is 826. The molecular weight excluding hydrogens is 306 g/mol. The highest BCUT2D eigenvalue weighted by molar-refractivity contribution is 7.19. The second-order valence-electron chi connectivity index (χ2n) is 5.70. The van der Waals surface area contributed by atoms with Gasteiger partial charge in [-0.2, -0.15) is 0 Å². The van der Waals surface area contributed by atoms with Crippen LogP contribution in [0.1, 0.15) is 30.2 Å². The Morgan fingerprint density at radius 2 is 1.96 bits per heavy atom. The van der Waals surface area contributed by atoms with Crippen LogP contribution in [0.3, 0.4) is 0 Å². The summed E-state index contributed by atoms with van der Waals surface area (Å²) in [5, 5.41) is 4.66. The molecule has 4 rings (SSSR count). The van der Waals surface area contributed by atoms with E-state index < -0.39 is 0 Å². The molecule has 0 atom stereocenters. The van der Waals surface area contributed by atoms with Gasteiger partial charge in [0.05, 0.1) is 12.0 Å². The van der Waals surface area contributed by atoms with Gasteiger partial charge in [-0.15, -0.1) is 11.3 Å². The fourth-order valence-corrected chi connectivity index (χ4v) is 4.35. The number of benzene rings is 1. The van der Waals surface area contributed by atoms with Crippen LogP contribution in [0.15, 0.2) is 30.6 Å². The van der Waals surface area contributed by atoms with Gasteiger partial charge in [0.2, 0.25) is 0 Å². The number of aromatic nitrogens is 2. The third-order valence-corrected chi connectivity index (χ3v) is 5.38. The van der Waals surface area contributed by atoms with E-state index in [0.29, 0.717) is 6.61 Å². The molecule has 0 radical (unpaired) electrons. The van der Waals surface area contributed by atoms with Gasteiger partial charge in [-0.25, -0.2) is 9.97 Å². The number of anilines is 2. The van der Waals surface area contributed by atoms with Crippen molar-refractivity contribution in [1.29, 1.82) is 0 Å². The predicted molar refractivity (Wildman–Crippen MR) is 95.0 cm³/mol. The first-order valence-electron chi connectivity index (χ1n) is 8.10. The maximum atomic E-state index is 5.49. The normalized spacial score (nSPS) is 13.8. The lowest BCUT2D eigenvalue weighted by molar-refractivity contribution is 0.340. The summed E-state index contributed by atoms with van der Waals surface area (Å²) in [6.07, 6.45) is 6.52. The van der Waals surface area contributed by atoms with Crippen molar-refractivity contribution in [2.75, 3.05) is 11.9 Å². The summed E-state index contributed by atoms with van der Waals surface area (Å²) in [4.78, 5) is 11.6. The number of nitrogens with zero attached hydrogens (tertiary/aromatic N) is 2. The first-order valence-corrected chi connectivity index (χ1v) is 8.92. The zero-order valence-electron chi connectivity index (χ0n) is 13.1. The van der Waals surface area contributed by atoms with Crippen molar-refractivity contribution in [3.63, 3.8) is 0 Å². The van der Waals surface area contributed by atoms with Gasteiger partial charge < -0.3 is 10.1 Å². The van der Waals surface area contributed by atoms with E-state index in [4.69, 9.17) is 4.74 Å². The first-order chi connectivity index (χ1) is 11.3. The molecule has 4 nitrogen and oxygen atoms in total. The molecule has 1 aliphatic carbocycles. The van der Waals surface area contributed by atoms with E-state index in [1.165, 1.54) is 35.1 Å². The number of aryl methyl sites for hydroxylation is 2.